The zero-order chi connectivity index (χ0) is 27.2. The van der Waals surface area contributed by atoms with E-state index in [4.69, 9.17) is 0 Å². The molecule has 0 aromatic heterocycles. The quantitative estimate of drug-likeness (QED) is 0.438. The predicted molar refractivity (Wildman–Crippen MR) is 143 cm³/mol. The van der Waals surface area contributed by atoms with Gasteiger partial charge >= 0.3 is 0 Å². The van der Waals surface area contributed by atoms with Crippen LogP contribution < -0.4 is 9.62 Å². The predicted octanol–water partition coefficient (Wildman–Crippen LogP) is 3.59. The number of aryl methyl sites for hydroxylation is 2. The lowest BCUT2D eigenvalue weighted by atomic mass is 10.0. The minimum atomic E-state index is -3.86. The van der Waals surface area contributed by atoms with Gasteiger partial charge in [0, 0.05) is 25.6 Å². The molecule has 0 aliphatic carbocycles. The van der Waals surface area contributed by atoms with E-state index in [9.17, 15) is 22.4 Å². The summed E-state index contributed by atoms with van der Waals surface area (Å²) in [4.78, 5) is 28.1. The number of sulfonamides is 1. The third-order valence-corrected chi connectivity index (χ3v) is 7.24. The highest BCUT2D eigenvalue weighted by Crippen LogP contribution is 2.25. The number of nitrogens with one attached hydrogen (secondary N) is 1. The lowest BCUT2D eigenvalue weighted by Gasteiger charge is -2.33. The first-order valence-corrected chi connectivity index (χ1v) is 13.7. The van der Waals surface area contributed by atoms with Crippen molar-refractivity contribution < 1.29 is 22.4 Å². The van der Waals surface area contributed by atoms with Gasteiger partial charge in [0.05, 0.1) is 11.9 Å². The van der Waals surface area contributed by atoms with Crippen LogP contribution in [0.15, 0.2) is 72.8 Å². The summed E-state index contributed by atoms with van der Waals surface area (Å²) in [5, 5.41) is 2.59. The molecule has 1 N–H and O–H groups in total. The number of rotatable bonds is 10. The Morgan fingerprint density at radius 2 is 1.62 bits per heavy atom. The fourth-order valence-electron chi connectivity index (χ4n) is 4.21. The van der Waals surface area contributed by atoms with Crippen molar-refractivity contribution >= 4 is 27.5 Å². The summed E-state index contributed by atoms with van der Waals surface area (Å²) < 4.78 is 41.3. The average Bonchev–Trinajstić information content (AvgIpc) is 2.85. The first kappa shape index (κ1) is 27.9. The highest BCUT2D eigenvalue weighted by molar-refractivity contribution is 7.92. The molecule has 0 fully saturated rings. The second-order valence-corrected chi connectivity index (χ2v) is 10.9. The minimum Gasteiger partial charge on any atom is -0.357 e. The Labute approximate surface area is 218 Å². The van der Waals surface area contributed by atoms with E-state index >= 15 is 0 Å². The number of hydrogen-bond acceptors (Lipinski definition) is 4. The van der Waals surface area contributed by atoms with Crippen molar-refractivity contribution in [1.29, 1.82) is 0 Å². The fourth-order valence-corrected chi connectivity index (χ4v) is 5.12. The molecule has 3 rings (SSSR count). The Kier molecular flexibility index (Phi) is 9.04. The van der Waals surface area contributed by atoms with Crippen LogP contribution in [0.2, 0.25) is 0 Å². The molecule has 0 bridgehead atoms. The van der Waals surface area contributed by atoms with Crippen LogP contribution in [0.1, 0.15) is 22.3 Å². The summed E-state index contributed by atoms with van der Waals surface area (Å²) in [5.41, 5.74) is 3.02. The lowest BCUT2D eigenvalue weighted by molar-refractivity contribution is -0.139. The lowest BCUT2D eigenvalue weighted by Crippen LogP contribution is -2.53. The van der Waals surface area contributed by atoms with E-state index in [1.807, 2.05) is 43.3 Å². The van der Waals surface area contributed by atoms with E-state index in [-0.39, 0.29) is 18.5 Å². The van der Waals surface area contributed by atoms with E-state index in [0.29, 0.717) is 11.3 Å². The molecule has 7 nitrogen and oxygen atoms in total. The summed E-state index contributed by atoms with van der Waals surface area (Å²) in [5.74, 6) is -1.59. The molecule has 9 heteroatoms. The largest absolute Gasteiger partial charge is 0.357 e. The first-order chi connectivity index (χ1) is 17.5. The Morgan fingerprint density at radius 1 is 0.973 bits per heavy atom. The van der Waals surface area contributed by atoms with Crippen LogP contribution in [-0.2, 0) is 32.6 Å². The van der Waals surface area contributed by atoms with E-state index in [1.165, 1.54) is 30.1 Å². The van der Waals surface area contributed by atoms with Crippen LogP contribution in [-0.4, -0.2) is 51.0 Å². The van der Waals surface area contributed by atoms with Gasteiger partial charge in [-0.3, -0.25) is 13.9 Å². The van der Waals surface area contributed by atoms with Crippen LogP contribution in [0.5, 0.6) is 0 Å². The normalized spacial score (nSPS) is 12.0. The maximum absolute atomic E-state index is 14.6. The standard InChI is InChI=1S/C28H32FN3O4S/c1-20-14-15-25(21(2)16-20)32(37(4,35)36)19-27(33)31(18-23-12-8-9-13-24(23)29)26(28(34)30-3)17-22-10-6-5-7-11-22/h5-16,26H,17-19H2,1-4H3,(H,30,34)/t26-/m1/s1. The van der Waals surface area contributed by atoms with Gasteiger partial charge in [0.1, 0.15) is 18.4 Å². The summed E-state index contributed by atoms with van der Waals surface area (Å²) in [6.45, 7) is 2.91. The van der Waals surface area contributed by atoms with Gasteiger partial charge in [-0.05, 0) is 37.1 Å². The summed E-state index contributed by atoms with van der Waals surface area (Å²) in [7, 11) is -2.40. The Bertz CT molecular complexity index is 1360. The van der Waals surface area contributed by atoms with Crippen LogP contribution in [0.3, 0.4) is 0 Å². The van der Waals surface area contributed by atoms with Crippen molar-refractivity contribution in [1.82, 2.24) is 10.2 Å². The molecular weight excluding hydrogens is 493 g/mol. The van der Waals surface area contributed by atoms with Crippen molar-refractivity contribution in [2.75, 3.05) is 24.2 Å². The van der Waals surface area contributed by atoms with Gasteiger partial charge < -0.3 is 10.2 Å². The second kappa shape index (κ2) is 12.0. The molecular formula is C28H32FN3O4S. The molecule has 1 atom stereocenters. The number of halogens is 1. The number of hydrogen-bond donors (Lipinski definition) is 1. The number of likely N-dealkylation sites (N-methyl/N-ethyl adjacent to an activating group) is 1. The van der Waals surface area contributed by atoms with E-state index < -0.39 is 40.2 Å². The number of benzene rings is 3. The smallest absolute Gasteiger partial charge is 0.244 e. The monoisotopic (exact) mass is 525 g/mol. The van der Waals surface area contributed by atoms with Crippen molar-refractivity contribution in [2.45, 2.75) is 32.9 Å². The van der Waals surface area contributed by atoms with Crippen LogP contribution in [0.4, 0.5) is 10.1 Å². The molecule has 0 unspecified atom stereocenters. The molecule has 0 aliphatic heterocycles. The van der Waals surface area contributed by atoms with Gasteiger partial charge in [-0.2, -0.15) is 0 Å². The first-order valence-electron chi connectivity index (χ1n) is 11.8. The van der Waals surface area contributed by atoms with Crippen molar-refractivity contribution in [3.05, 3.63) is 101 Å². The SMILES string of the molecule is CNC(=O)[C@@H](Cc1ccccc1)N(Cc1ccccc1F)C(=O)CN(c1ccc(C)cc1C)S(C)(=O)=O. The van der Waals surface area contributed by atoms with Crippen molar-refractivity contribution in [3.8, 4) is 0 Å². The maximum Gasteiger partial charge on any atom is 0.244 e. The van der Waals surface area contributed by atoms with Gasteiger partial charge in [0.2, 0.25) is 21.8 Å². The van der Waals surface area contributed by atoms with Crippen LogP contribution >= 0.6 is 0 Å². The maximum atomic E-state index is 14.6. The molecule has 2 amide bonds. The van der Waals surface area contributed by atoms with E-state index in [1.54, 1.807) is 25.1 Å². The van der Waals surface area contributed by atoms with Crippen molar-refractivity contribution in [2.24, 2.45) is 0 Å². The van der Waals surface area contributed by atoms with Crippen molar-refractivity contribution in [3.63, 3.8) is 0 Å². The zero-order valence-corrected chi connectivity index (χ0v) is 22.3. The minimum absolute atomic E-state index is 0.170. The highest BCUT2D eigenvalue weighted by Gasteiger charge is 2.33. The zero-order valence-electron chi connectivity index (χ0n) is 21.4. The van der Waals surface area contributed by atoms with Crippen LogP contribution in [0, 0.1) is 19.7 Å². The molecule has 0 aliphatic rings. The molecule has 0 spiro atoms. The second-order valence-electron chi connectivity index (χ2n) is 8.99. The van der Waals surface area contributed by atoms with Gasteiger partial charge in [-0.1, -0.05) is 66.2 Å². The topological polar surface area (TPSA) is 86.8 Å². The Morgan fingerprint density at radius 3 is 2.22 bits per heavy atom. The molecule has 0 heterocycles. The van der Waals surface area contributed by atoms with Gasteiger partial charge in [0.25, 0.3) is 0 Å². The Balaban J connectivity index is 2.06. The Hall–Kier alpha value is -3.72. The summed E-state index contributed by atoms with van der Waals surface area (Å²) >= 11 is 0. The van der Waals surface area contributed by atoms with E-state index in [0.717, 1.165) is 21.7 Å². The number of carbonyl (C=O) groups excluding carboxylic acids is 2. The molecule has 37 heavy (non-hydrogen) atoms. The molecule has 0 saturated carbocycles. The van der Waals surface area contributed by atoms with Gasteiger partial charge in [-0.25, -0.2) is 12.8 Å². The number of amides is 2. The molecule has 0 saturated heterocycles. The van der Waals surface area contributed by atoms with E-state index in [2.05, 4.69) is 5.32 Å². The van der Waals surface area contributed by atoms with Crippen LogP contribution in [0.25, 0.3) is 0 Å². The molecule has 0 radical (unpaired) electrons. The molecule has 3 aromatic carbocycles. The molecule has 196 valence electrons. The fraction of sp³-hybridized carbons (Fsp3) is 0.286. The van der Waals surface area contributed by atoms with Gasteiger partial charge in [0.15, 0.2) is 0 Å². The average molecular weight is 526 g/mol. The number of nitrogens with zero attached hydrogens (tertiary/aromatic N) is 2. The molecule has 3 aromatic rings. The summed E-state index contributed by atoms with van der Waals surface area (Å²) in [6.07, 6.45) is 1.20. The third-order valence-electron chi connectivity index (χ3n) is 6.12. The summed E-state index contributed by atoms with van der Waals surface area (Å²) in [6, 6.07) is 19.4. The number of carbonyl (C=O) groups is 2. The van der Waals surface area contributed by atoms with Gasteiger partial charge in [-0.15, -0.1) is 0 Å². The highest BCUT2D eigenvalue weighted by atomic mass is 32.2. The third kappa shape index (κ3) is 7.16. The number of anilines is 1.